The van der Waals surface area contributed by atoms with Crippen molar-refractivity contribution in [3.05, 3.63) is 29.8 Å². The quantitative estimate of drug-likeness (QED) is 0.663. The van der Waals surface area contributed by atoms with Crippen LogP contribution >= 0.6 is 0 Å². The van der Waals surface area contributed by atoms with Crippen molar-refractivity contribution in [3.8, 4) is 0 Å². The Labute approximate surface area is 126 Å². The second-order valence-electron chi connectivity index (χ2n) is 6.64. The summed E-state index contributed by atoms with van der Waals surface area (Å²) in [6.07, 6.45) is 1.69. The van der Waals surface area contributed by atoms with Gasteiger partial charge in [-0.25, -0.2) is 4.79 Å². The van der Waals surface area contributed by atoms with E-state index in [0.29, 0.717) is 23.6 Å². The van der Waals surface area contributed by atoms with Crippen LogP contribution < -0.4 is 5.73 Å². The number of nitrogens with two attached hydrogens (primary N) is 1. The average Bonchev–Trinajstić information content (AvgIpc) is 2.37. The highest BCUT2D eigenvalue weighted by atomic mass is 16.6. The van der Waals surface area contributed by atoms with Gasteiger partial charge >= 0.3 is 5.97 Å². The van der Waals surface area contributed by atoms with Crippen LogP contribution in [-0.2, 0) is 4.74 Å². The van der Waals surface area contributed by atoms with Crippen molar-refractivity contribution in [2.45, 2.75) is 51.7 Å². The number of carbonyl (C=O) groups excluding carboxylic acids is 1. The summed E-state index contributed by atoms with van der Waals surface area (Å²) in [5.74, 6) is 0.300. The molecule has 0 spiro atoms. The molecule has 0 aliphatic heterocycles. The highest BCUT2D eigenvalue weighted by molar-refractivity contribution is 5.95. The Morgan fingerprint density at radius 3 is 2.67 bits per heavy atom. The van der Waals surface area contributed by atoms with Crippen molar-refractivity contribution < 1.29 is 14.6 Å². The molecule has 4 heteroatoms. The average molecular weight is 291 g/mol. The number of nitrogen functional groups attached to an aromatic ring is 1. The molecular weight excluding hydrogens is 266 g/mol. The molecule has 1 aromatic carbocycles. The summed E-state index contributed by atoms with van der Waals surface area (Å²) in [7, 11) is 0. The van der Waals surface area contributed by atoms with Crippen LogP contribution in [0.5, 0.6) is 0 Å². The monoisotopic (exact) mass is 291 g/mol. The van der Waals surface area contributed by atoms with E-state index in [2.05, 4.69) is 13.8 Å². The Morgan fingerprint density at radius 1 is 1.43 bits per heavy atom. The minimum atomic E-state index is -0.621. The second-order valence-corrected chi connectivity index (χ2v) is 6.64. The molecule has 1 aliphatic rings. The molecule has 1 aromatic rings. The molecule has 0 radical (unpaired) electrons. The summed E-state index contributed by atoms with van der Waals surface area (Å²) >= 11 is 0. The van der Waals surface area contributed by atoms with Gasteiger partial charge in [0.15, 0.2) is 0 Å². The lowest BCUT2D eigenvalue weighted by atomic mass is 9.73. The lowest BCUT2D eigenvalue weighted by Crippen LogP contribution is -2.44. The number of para-hydroxylation sites is 1. The smallest absolute Gasteiger partial charge is 0.340 e. The van der Waals surface area contributed by atoms with Crippen molar-refractivity contribution in [1.82, 2.24) is 0 Å². The molecule has 1 saturated carbocycles. The van der Waals surface area contributed by atoms with Gasteiger partial charge < -0.3 is 15.6 Å². The molecule has 0 saturated heterocycles. The molecule has 2 rings (SSSR count). The van der Waals surface area contributed by atoms with Gasteiger partial charge in [-0.1, -0.05) is 26.0 Å². The van der Waals surface area contributed by atoms with Crippen molar-refractivity contribution in [3.63, 3.8) is 0 Å². The first-order valence-electron chi connectivity index (χ1n) is 7.58. The molecule has 0 aromatic heterocycles. The molecule has 4 nitrogen and oxygen atoms in total. The maximum absolute atomic E-state index is 12.3. The third kappa shape index (κ3) is 3.56. The van der Waals surface area contributed by atoms with E-state index in [1.54, 1.807) is 24.3 Å². The Hall–Kier alpha value is -1.55. The number of rotatable bonds is 3. The number of hydrogen-bond acceptors (Lipinski definition) is 4. The van der Waals surface area contributed by atoms with Gasteiger partial charge in [0.2, 0.25) is 0 Å². The fourth-order valence-corrected chi connectivity index (χ4v) is 3.19. The van der Waals surface area contributed by atoms with E-state index in [9.17, 15) is 9.90 Å². The zero-order chi connectivity index (χ0) is 15.6. The normalized spacial score (nSPS) is 29.4. The fourth-order valence-electron chi connectivity index (χ4n) is 3.19. The van der Waals surface area contributed by atoms with Gasteiger partial charge in [0.25, 0.3) is 0 Å². The highest BCUT2D eigenvalue weighted by Crippen LogP contribution is 2.38. The summed E-state index contributed by atoms with van der Waals surface area (Å²) < 4.78 is 5.67. The van der Waals surface area contributed by atoms with Crippen LogP contribution in [-0.4, -0.2) is 22.8 Å². The van der Waals surface area contributed by atoms with Gasteiger partial charge in [0.1, 0.15) is 5.60 Å². The molecular formula is C17H25NO3. The fraction of sp³-hybridized carbons (Fsp3) is 0.588. The van der Waals surface area contributed by atoms with Crippen LogP contribution in [0.2, 0.25) is 0 Å². The summed E-state index contributed by atoms with van der Waals surface area (Å²) in [5.41, 5.74) is 5.99. The molecule has 0 bridgehead atoms. The van der Waals surface area contributed by atoms with Gasteiger partial charge in [0.05, 0.1) is 11.7 Å². The molecule has 1 fully saturated rings. The molecule has 3 N–H and O–H groups in total. The van der Waals surface area contributed by atoms with Crippen LogP contribution in [0, 0.1) is 11.8 Å². The Balaban J connectivity index is 2.06. The van der Waals surface area contributed by atoms with Crippen molar-refractivity contribution in [2.24, 2.45) is 11.8 Å². The molecule has 0 amide bonds. The van der Waals surface area contributed by atoms with E-state index in [1.165, 1.54) is 0 Å². The zero-order valence-electron chi connectivity index (χ0n) is 13.0. The van der Waals surface area contributed by atoms with E-state index >= 15 is 0 Å². The van der Waals surface area contributed by atoms with E-state index in [0.717, 1.165) is 12.8 Å². The second kappa shape index (κ2) is 6.06. The predicted octanol–water partition coefficient (Wildman–Crippen LogP) is 3.00. The minimum absolute atomic E-state index is 0.276. The molecule has 1 aliphatic carbocycles. The lowest BCUT2D eigenvalue weighted by molar-refractivity contribution is -0.0816. The first kappa shape index (κ1) is 15.8. The van der Waals surface area contributed by atoms with Crippen molar-refractivity contribution in [2.75, 3.05) is 5.73 Å². The molecule has 116 valence electrons. The molecule has 0 heterocycles. The van der Waals surface area contributed by atoms with Gasteiger partial charge in [-0.15, -0.1) is 0 Å². The summed E-state index contributed by atoms with van der Waals surface area (Å²) in [6.45, 7) is 6.13. The zero-order valence-corrected chi connectivity index (χ0v) is 13.0. The maximum Gasteiger partial charge on any atom is 0.340 e. The predicted molar refractivity (Wildman–Crippen MR) is 82.9 cm³/mol. The van der Waals surface area contributed by atoms with E-state index < -0.39 is 17.7 Å². The maximum atomic E-state index is 12.3. The summed E-state index contributed by atoms with van der Waals surface area (Å²) in [5, 5.41) is 10.3. The number of benzene rings is 1. The first-order valence-corrected chi connectivity index (χ1v) is 7.58. The number of ether oxygens (including phenoxy) is 1. The number of anilines is 1. The van der Waals surface area contributed by atoms with E-state index in [-0.39, 0.29) is 5.92 Å². The van der Waals surface area contributed by atoms with Gasteiger partial charge in [-0.2, -0.15) is 0 Å². The van der Waals surface area contributed by atoms with Crippen LogP contribution in [0.4, 0.5) is 5.69 Å². The summed E-state index contributed by atoms with van der Waals surface area (Å²) in [4.78, 5) is 12.3. The van der Waals surface area contributed by atoms with Crippen molar-refractivity contribution >= 4 is 11.7 Å². The first-order chi connectivity index (χ1) is 9.82. The highest BCUT2D eigenvalue weighted by Gasteiger charge is 2.40. The Bertz CT molecular complexity index is 515. The third-order valence-corrected chi connectivity index (χ3v) is 4.52. The number of esters is 1. The van der Waals surface area contributed by atoms with Crippen LogP contribution in [0.15, 0.2) is 24.3 Å². The Morgan fingerprint density at radius 2 is 2.10 bits per heavy atom. The van der Waals surface area contributed by atoms with Crippen LogP contribution in [0.25, 0.3) is 0 Å². The van der Waals surface area contributed by atoms with Gasteiger partial charge in [0, 0.05) is 12.1 Å². The lowest BCUT2D eigenvalue weighted by Gasteiger charge is -2.41. The van der Waals surface area contributed by atoms with E-state index in [1.807, 2.05) is 6.92 Å². The van der Waals surface area contributed by atoms with Crippen LogP contribution in [0.1, 0.15) is 50.4 Å². The number of hydrogen-bond donors (Lipinski definition) is 2. The number of aliphatic hydroxyl groups excluding tert-OH is 1. The SMILES string of the molecule is CC(C)[C@@H]1CC[C@@](C)(OC(=O)c2ccccc2N)C[C@H]1O. The van der Waals surface area contributed by atoms with Gasteiger partial charge in [-0.05, 0) is 43.7 Å². The van der Waals surface area contributed by atoms with E-state index in [4.69, 9.17) is 10.5 Å². The molecule has 0 unspecified atom stereocenters. The number of aliphatic hydroxyl groups is 1. The molecule has 3 atom stereocenters. The summed E-state index contributed by atoms with van der Waals surface area (Å²) in [6, 6.07) is 6.89. The molecule has 21 heavy (non-hydrogen) atoms. The van der Waals surface area contributed by atoms with Gasteiger partial charge in [-0.3, -0.25) is 0 Å². The standard InChI is InChI=1S/C17H25NO3/c1-11(2)12-8-9-17(3,10-15(12)19)21-16(20)13-6-4-5-7-14(13)18/h4-7,11-12,15,19H,8-10,18H2,1-3H3/t12-,15+,17+/m0/s1. The van der Waals surface area contributed by atoms with Crippen molar-refractivity contribution in [1.29, 1.82) is 0 Å². The minimum Gasteiger partial charge on any atom is -0.456 e. The Kier molecular flexibility index (Phi) is 4.57. The largest absolute Gasteiger partial charge is 0.456 e. The van der Waals surface area contributed by atoms with Crippen LogP contribution in [0.3, 0.4) is 0 Å². The number of carbonyl (C=O) groups is 1. The topological polar surface area (TPSA) is 72.5 Å². The third-order valence-electron chi connectivity index (χ3n) is 4.52.